The Morgan fingerprint density at radius 1 is 1.04 bits per heavy atom. The summed E-state index contributed by atoms with van der Waals surface area (Å²) in [6.07, 6.45) is 0.939. The van der Waals surface area contributed by atoms with E-state index in [-0.39, 0.29) is 5.56 Å². The summed E-state index contributed by atoms with van der Waals surface area (Å²) in [6.45, 7) is 1.51. The van der Waals surface area contributed by atoms with Crippen molar-refractivity contribution >= 4 is 29.3 Å². The molecule has 1 N–H and O–H groups in total. The van der Waals surface area contributed by atoms with E-state index >= 15 is 0 Å². The van der Waals surface area contributed by atoms with Crippen molar-refractivity contribution in [1.29, 1.82) is 0 Å². The van der Waals surface area contributed by atoms with Gasteiger partial charge in [-0.25, -0.2) is 4.79 Å². The van der Waals surface area contributed by atoms with Gasteiger partial charge in [-0.1, -0.05) is 12.1 Å². The highest BCUT2D eigenvalue weighted by Gasteiger charge is 2.22. The van der Waals surface area contributed by atoms with Gasteiger partial charge in [0.15, 0.2) is 6.10 Å². The van der Waals surface area contributed by atoms with E-state index < -0.39 is 18.0 Å². The highest BCUT2D eigenvalue weighted by Crippen LogP contribution is 2.27. The van der Waals surface area contributed by atoms with Gasteiger partial charge >= 0.3 is 5.97 Å². The number of hydrogen-bond acceptors (Lipinski definition) is 6. The molecule has 0 unspecified atom stereocenters. The Bertz CT molecular complexity index is 793. The minimum absolute atomic E-state index is 0.266. The number of amides is 1. The summed E-state index contributed by atoms with van der Waals surface area (Å²) in [4.78, 5) is 25.7. The number of para-hydroxylation sites is 2. The van der Waals surface area contributed by atoms with E-state index in [1.165, 1.54) is 32.9 Å². The zero-order valence-corrected chi connectivity index (χ0v) is 15.9. The fraction of sp³-hybridized carbons (Fsp3) is 0.263. The number of hydrogen-bond donors (Lipinski definition) is 1. The molecule has 0 saturated heterocycles. The molecule has 26 heavy (non-hydrogen) atoms. The standard InChI is InChI=1S/C19H21NO5S/c1-12(18(21)20-15-7-5-6-8-16(15)23-2)25-19(22)14-10-9-13(26-4)11-17(14)24-3/h5-12H,1-4H3,(H,20,21)/t12-/m0/s1. The maximum Gasteiger partial charge on any atom is 0.342 e. The summed E-state index contributed by atoms with van der Waals surface area (Å²) in [6, 6.07) is 12.2. The molecule has 1 atom stereocenters. The van der Waals surface area contributed by atoms with E-state index in [1.807, 2.05) is 6.26 Å². The topological polar surface area (TPSA) is 73.9 Å². The number of methoxy groups -OCH3 is 2. The molecule has 0 bridgehead atoms. The van der Waals surface area contributed by atoms with Crippen LogP contribution in [0.1, 0.15) is 17.3 Å². The molecule has 0 spiro atoms. The Labute approximate surface area is 156 Å². The molecular formula is C19H21NO5S. The van der Waals surface area contributed by atoms with Gasteiger partial charge < -0.3 is 19.5 Å². The van der Waals surface area contributed by atoms with Crippen LogP contribution in [-0.2, 0) is 9.53 Å². The fourth-order valence-electron chi connectivity index (χ4n) is 2.23. The van der Waals surface area contributed by atoms with Gasteiger partial charge in [0.25, 0.3) is 5.91 Å². The molecular weight excluding hydrogens is 354 g/mol. The third-order valence-electron chi connectivity index (χ3n) is 3.65. The van der Waals surface area contributed by atoms with Crippen molar-refractivity contribution in [3.63, 3.8) is 0 Å². The summed E-state index contributed by atoms with van der Waals surface area (Å²) >= 11 is 1.53. The molecule has 2 aromatic carbocycles. The Kier molecular flexibility index (Phi) is 6.91. The van der Waals surface area contributed by atoms with Crippen LogP contribution in [0.15, 0.2) is 47.4 Å². The number of carbonyl (C=O) groups is 2. The molecule has 0 aliphatic carbocycles. The Morgan fingerprint density at radius 2 is 1.73 bits per heavy atom. The summed E-state index contributed by atoms with van der Waals surface area (Å²) in [5.41, 5.74) is 0.770. The Balaban J connectivity index is 2.08. The first-order valence-corrected chi connectivity index (χ1v) is 9.09. The predicted octanol–water partition coefficient (Wildman–Crippen LogP) is 3.61. The number of esters is 1. The van der Waals surface area contributed by atoms with Crippen LogP contribution in [0.2, 0.25) is 0 Å². The summed E-state index contributed by atoms with van der Waals surface area (Å²) < 4.78 is 15.7. The highest BCUT2D eigenvalue weighted by molar-refractivity contribution is 7.98. The van der Waals surface area contributed by atoms with Gasteiger partial charge in [-0.2, -0.15) is 0 Å². The molecule has 138 valence electrons. The summed E-state index contributed by atoms with van der Waals surface area (Å²) in [7, 11) is 2.99. The lowest BCUT2D eigenvalue weighted by atomic mass is 10.2. The number of ether oxygens (including phenoxy) is 3. The van der Waals surface area contributed by atoms with E-state index in [2.05, 4.69) is 5.32 Å². The molecule has 1 amide bonds. The monoisotopic (exact) mass is 375 g/mol. The third kappa shape index (κ3) is 4.70. The number of thioether (sulfide) groups is 1. The molecule has 2 rings (SSSR count). The third-order valence-corrected chi connectivity index (χ3v) is 4.37. The van der Waals surface area contributed by atoms with Crippen molar-refractivity contribution in [2.75, 3.05) is 25.8 Å². The van der Waals surface area contributed by atoms with Crippen molar-refractivity contribution in [1.82, 2.24) is 0 Å². The van der Waals surface area contributed by atoms with Gasteiger partial charge in [-0.15, -0.1) is 11.8 Å². The largest absolute Gasteiger partial charge is 0.496 e. The van der Waals surface area contributed by atoms with Gasteiger partial charge in [0.05, 0.1) is 19.9 Å². The average Bonchev–Trinajstić information content (AvgIpc) is 2.67. The van der Waals surface area contributed by atoms with Crippen LogP contribution >= 0.6 is 11.8 Å². The summed E-state index contributed by atoms with van der Waals surface area (Å²) in [5, 5.41) is 2.69. The lowest BCUT2D eigenvalue weighted by molar-refractivity contribution is -0.123. The van der Waals surface area contributed by atoms with Crippen molar-refractivity contribution in [3.8, 4) is 11.5 Å². The normalized spacial score (nSPS) is 11.4. The maximum absolute atomic E-state index is 12.4. The first-order valence-electron chi connectivity index (χ1n) is 7.87. The van der Waals surface area contributed by atoms with E-state index in [0.29, 0.717) is 17.2 Å². The first kappa shape index (κ1) is 19.7. The molecule has 0 heterocycles. The number of carbonyl (C=O) groups excluding carboxylic acids is 2. The van der Waals surface area contributed by atoms with Crippen molar-refractivity contribution in [3.05, 3.63) is 48.0 Å². The van der Waals surface area contributed by atoms with Gasteiger partial charge in [0.2, 0.25) is 0 Å². The SMILES string of the molecule is COc1ccccc1NC(=O)[C@H](C)OC(=O)c1ccc(SC)cc1OC. The molecule has 0 aromatic heterocycles. The van der Waals surface area contributed by atoms with E-state index in [1.54, 1.807) is 42.5 Å². The van der Waals surface area contributed by atoms with Crippen LogP contribution in [-0.4, -0.2) is 38.5 Å². The molecule has 0 aliphatic rings. The van der Waals surface area contributed by atoms with Crippen molar-refractivity contribution in [2.45, 2.75) is 17.9 Å². The van der Waals surface area contributed by atoms with Gasteiger partial charge in [-0.05, 0) is 43.5 Å². The van der Waals surface area contributed by atoms with Gasteiger partial charge in [0.1, 0.15) is 17.1 Å². The number of nitrogens with one attached hydrogen (secondary N) is 1. The molecule has 2 aromatic rings. The van der Waals surface area contributed by atoms with Crippen LogP contribution in [0.4, 0.5) is 5.69 Å². The second kappa shape index (κ2) is 9.15. The molecule has 0 radical (unpaired) electrons. The van der Waals surface area contributed by atoms with Gasteiger partial charge in [-0.3, -0.25) is 4.79 Å². The van der Waals surface area contributed by atoms with Crippen LogP contribution in [0.5, 0.6) is 11.5 Å². The minimum Gasteiger partial charge on any atom is -0.496 e. The average molecular weight is 375 g/mol. The minimum atomic E-state index is -0.989. The number of anilines is 1. The van der Waals surface area contributed by atoms with Gasteiger partial charge in [0, 0.05) is 4.90 Å². The maximum atomic E-state index is 12.4. The highest BCUT2D eigenvalue weighted by atomic mass is 32.2. The number of rotatable bonds is 7. The van der Waals surface area contributed by atoms with E-state index in [9.17, 15) is 9.59 Å². The molecule has 0 aliphatic heterocycles. The van der Waals surface area contributed by atoms with Crippen LogP contribution in [0.3, 0.4) is 0 Å². The zero-order chi connectivity index (χ0) is 19.1. The van der Waals surface area contributed by atoms with Crippen LogP contribution in [0, 0.1) is 0 Å². The Morgan fingerprint density at radius 3 is 2.38 bits per heavy atom. The smallest absolute Gasteiger partial charge is 0.342 e. The molecule has 7 heteroatoms. The van der Waals surface area contributed by atoms with E-state index in [4.69, 9.17) is 14.2 Å². The second-order valence-electron chi connectivity index (χ2n) is 5.30. The first-order chi connectivity index (χ1) is 12.5. The van der Waals surface area contributed by atoms with Crippen molar-refractivity contribution in [2.24, 2.45) is 0 Å². The Hall–Kier alpha value is -2.67. The summed E-state index contributed by atoms with van der Waals surface area (Å²) in [5.74, 6) is -0.160. The zero-order valence-electron chi connectivity index (χ0n) is 15.1. The lowest BCUT2D eigenvalue weighted by Crippen LogP contribution is -2.30. The lowest BCUT2D eigenvalue weighted by Gasteiger charge is -2.16. The molecule has 6 nitrogen and oxygen atoms in total. The molecule has 0 fully saturated rings. The predicted molar refractivity (Wildman–Crippen MR) is 101 cm³/mol. The fourth-order valence-corrected chi connectivity index (χ4v) is 2.66. The molecule has 0 saturated carbocycles. The number of benzene rings is 2. The van der Waals surface area contributed by atoms with Crippen LogP contribution < -0.4 is 14.8 Å². The van der Waals surface area contributed by atoms with E-state index in [0.717, 1.165) is 4.90 Å². The van der Waals surface area contributed by atoms with Crippen molar-refractivity contribution < 1.29 is 23.8 Å². The van der Waals surface area contributed by atoms with Crippen LogP contribution in [0.25, 0.3) is 0 Å². The quantitative estimate of drug-likeness (QED) is 0.589. The second-order valence-corrected chi connectivity index (χ2v) is 6.18.